The van der Waals surface area contributed by atoms with E-state index in [4.69, 9.17) is 4.74 Å². The molecule has 2 rings (SSSR count). The van der Waals surface area contributed by atoms with Gasteiger partial charge in [0.2, 0.25) is 0 Å². The van der Waals surface area contributed by atoms with Crippen LogP contribution in [0.5, 0.6) is 5.75 Å². The SMILES string of the molecule is COc1ccc(C(C)NCc2csc(Br)c2)cc1. The van der Waals surface area contributed by atoms with Gasteiger partial charge in [0.15, 0.2) is 0 Å². The summed E-state index contributed by atoms with van der Waals surface area (Å²) in [6.45, 7) is 3.05. The van der Waals surface area contributed by atoms with Gasteiger partial charge in [0, 0.05) is 12.6 Å². The van der Waals surface area contributed by atoms with E-state index in [1.807, 2.05) is 12.1 Å². The molecule has 1 heterocycles. The van der Waals surface area contributed by atoms with Gasteiger partial charge in [-0.05, 0) is 57.6 Å². The molecule has 0 bridgehead atoms. The van der Waals surface area contributed by atoms with E-state index in [0.29, 0.717) is 6.04 Å². The van der Waals surface area contributed by atoms with Gasteiger partial charge in [0.25, 0.3) is 0 Å². The number of benzene rings is 1. The van der Waals surface area contributed by atoms with Crippen LogP contribution in [0.25, 0.3) is 0 Å². The van der Waals surface area contributed by atoms with Crippen LogP contribution in [0, 0.1) is 0 Å². The average molecular weight is 326 g/mol. The molecule has 1 aromatic heterocycles. The van der Waals surface area contributed by atoms with Crippen LogP contribution in [-0.4, -0.2) is 7.11 Å². The van der Waals surface area contributed by atoms with Gasteiger partial charge in [-0.3, -0.25) is 0 Å². The van der Waals surface area contributed by atoms with E-state index in [2.05, 4.69) is 51.7 Å². The molecule has 1 atom stereocenters. The Hall–Kier alpha value is -0.840. The Morgan fingerprint density at radius 3 is 2.61 bits per heavy atom. The fraction of sp³-hybridized carbons (Fsp3) is 0.286. The number of ether oxygens (including phenoxy) is 1. The lowest BCUT2D eigenvalue weighted by molar-refractivity contribution is 0.414. The zero-order valence-electron chi connectivity index (χ0n) is 10.4. The van der Waals surface area contributed by atoms with E-state index in [1.54, 1.807) is 18.4 Å². The monoisotopic (exact) mass is 325 g/mol. The summed E-state index contributed by atoms with van der Waals surface area (Å²) in [6, 6.07) is 10.7. The highest BCUT2D eigenvalue weighted by Crippen LogP contribution is 2.22. The van der Waals surface area contributed by atoms with Crippen LogP contribution >= 0.6 is 27.3 Å². The molecule has 0 fully saturated rings. The average Bonchev–Trinajstić information content (AvgIpc) is 2.82. The maximum Gasteiger partial charge on any atom is 0.118 e. The van der Waals surface area contributed by atoms with Crippen molar-refractivity contribution in [3.05, 3.63) is 50.6 Å². The Kier molecular flexibility index (Phi) is 4.80. The molecule has 0 saturated heterocycles. The van der Waals surface area contributed by atoms with Crippen LogP contribution < -0.4 is 10.1 Å². The fourth-order valence-electron chi connectivity index (χ4n) is 1.72. The van der Waals surface area contributed by atoms with Crippen molar-refractivity contribution < 1.29 is 4.74 Å². The van der Waals surface area contributed by atoms with E-state index < -0.39 is 0 Å². The number of hydrogen-bond donors (Lipinski definition) is 1. The van der Waals surface area contributed by atoms with E-state index >= 15 is 0 Å². The lowest BCUT2D eigenvalue weighted by atomic mass is 10.1. The van der Waals surface area contributed by atoms with Gasteiger partial charge in [0.05, 0.1) is 10.9 Å². The molecule has 0 amide bonds. The molecule has 1 N–H and O–H groups in total. The summed E-state index contributed by atoms with van der Waals surface area (Å²) in [4.78, 5) is 0. The van der Waals surface area contributed by atoms with Crippen molar-refractivity contribution in [1.29, 1.82) is 0 Å². The first-order valence-corrected chi connectivity index (χ1v) is 7.46. The van der Waals surface area contributed by atoms with E-state index in [1.165, 1.54) is 14.9 Å². The van der Waals surface area contributed by atoms with Crippen LogP contribution in [0.3, 0.4) is 0 Å². The van der Waals surface area contributed by atoms with Gasteiger partial charge in [-0.2, -0.15) is 0 Å². The second-order valence-electron chi connectivity index (χ2n) is 4.13. The van der Waals surface area contributed by atoms with E-state index in [-0.39, 0.29) is 0 Å². The molecule has 2 nitrogen and oxygen atoms in total. The molecule has 1 unspecified atom stereocenters. The molecule has 0 aliphatic rings. The zero-order chi connectivity index (χ0) is 13.0. The Bertz CT molecular complexity index is 495. The second kappa shape index (κ2) is 6.36. The molecular formula is C14H16BrNOS. The van der Waals surface area contributed by atoms with Crippen molar-refractivity contribution in [2.75, 3.05) is 7.11 Å². The molecule has 18 heavy (non-hydrogen) atoms. The first-order valence-electron chi connectivity index (χ1n) is 5.79. The fourth-order valence-corrected chi connectivity index (χ4v) is 2.93. The van der Waals surface area contributed by atoms with Crippen LogP contribution in [0.1, 0.15) is 24.1 Å². The molecular weight excluding hydrogens is 310 g/mol. The number of halogens is 1. The highest BCUT2D eigenvalue weighted by molar-refractivity contribution is 9.11. The smallest absolute Gasteiger partial charge is 0.118 e. The summed E-state index contributed by atoms with van der Waals surface area (Å²) in [7, 11) is 1.69. The minimum atomic E-state index is 0.328. The number of methoxy groups -OCH3 is 1. The topological polar surface area (TPSA) is 21.3 Å². The van der Waals surface area contributed by atoms with Gasteiger partial charge >= 0.3 is 0 Å². The number of rotatable bonds is 5. The molecule has 1 aromatic carbocycles. The quantitative estimate of drug-likeness (QED) is 0.881. The maximum absolute atomic E-state index is 5.16. The van der Waals surface area contributed by atoms with Gasteiger partial charge < -0.3 is 10.1 Å². The highest BCUT2D eigenvalue weighted by Gasteiger charge is 2.05. The van der Waals surface area contributed by atoms with Crippen LogP contribution in [0.4, 0.5) is 0 Å². The summed E-state index contributed by atoms with van der Waals surface area (Å²) in [6.07, 6.45) is 0. The molecule has 4 heteroatoms. The first kappa shape index (κ1) is 13.6. The molecule has 2 aromatic rings. The summed E-state index contributed by atoms with van der Waals surface area (Å²) < 4.78 is 6.33. The Morgan fingerprint density at radius 1 is 1.33 bits per heavy atom. The second-order valence-corrected chi connectivity index (χ2v) is 6.43. The van der Waals surface area contributed by atoms with Crippen LogP contribution in [0.15, 0.2) is 39.5 Å². The summed E-state index contributed by atoms with van der Waals surface area (Å²) in [5.41, 5.74) is 2.58. The minimum absolute atomic E-state index is 0.328. The predicted molar refractivity (Wildman–Crippen MR) is 80.3 cm³/mol. The Morgan fingerprint density at radius 2 is 2.06 bits per heavy atom. The molecule has 0 saturated carbocycles. The van der Waals surface area contributed by atoms with E-state index in [0.717, 1.165) is 12.3 Å². The normalized spacial score (nSPS) is 12.4. The maximum atomic E-state index is 5.16. The van der Waals surface area contributed by atoms with Crippen molar-refractivity contribution in [2.24, 2.45) is 0 Å². The molecule has 96 valence electrons. The standard InChI is InChI=1S/C14H16BrNOS/c1-10(12-3-5-13(17-2)6-4-12)16-8-11-7-14(15)18-9-11/h3-7,9-10,16H,8H2,1-2H3. The van der Waals surface area contributed by atoms with E-state index in [9.17, 15) is 0 Å². The van der Waals surface area contributed by atoms with Gasteiger partial charge in [0.1, 0.15) is 5.75 Å². The van der Waals surface area contributed by atoms with Crippen molar-refractivity contribution in [1.82, 2.24) is 5.32 Å². The molecule has 0 spiro atoms. The minimum Gasteiger partial charge on any atom is -0.497 e. The largest absolute Gasteiger partial charge is 0.497 e. The zero-order valence-corrected chi connectivity index (χ0v) is 12.8. The van der Waals surface area contributed by atoms with Crippen molar-refractivity contribution >= 4 is 27.3 Å². The Balaban J connectivity index is 1.92. The lowest BCUT2D eigenvalue weighted by Crippen LogP contribution is -2.17. The molecule has 0 radical (unpaired) electrons. The highest BCUT2D eigenvalue weighted by atomic mass is 79.9. The van der Waals surface area contributed by atoms with Gasteiger partial charge in [-0.25, -0.2) is 0 Å². The summed E-state index contributed by atoms with van der Waals surface area (Å²) >= 11 is 5.19. The van der Waals surface area contributed by atoms with Gasteiger partial charge in [-0.15, -0.1) is 11.3 Å². The number of thiophene rings is 1. The summed E-state index contributed by atoms with van der Waals surface area (Å²) in [5, 5.41) is 5.68. The lowest BCUT2D eigenvalue weighted by Gasteiger charge is -2.14. The van der Waals surface area contributed by atoms with Crippen molar-refractivity contribution in [2.45, 2.75) is 19.5 Å². The Labute approximate surface area is 120 Å². The van der Waals surface area contributed by atoms with Crippen molar-refractivity contribution in [3.63, 3.8) is 0 Å². The van der Waals surface area contributed by atoms with Crippen LogP contribution in [0.2, 0.25) is 0 Å². The number of hydrogen-bond acceptors (Lipinski definition) is 3. The third kappa shape index (κ3) is 3.57. The molecule has 0 aliphatic heterocycles. The first-order chi connectivity index (χ1) is 8.69. The third-order valence-electron chi connectivity index (χ3n) is 2.85. The summed E-state index contributed by atoms with van der Waals surface area (Å²) in [5.74, 6) is 0.896. The molecule has 0 aliphatic carbocycles. The van der Waals surface area contributed by atoms with Crippen LogP contribution in [-0.2, 0) is 6.54 Å². The van der Waals surface area contributed by atoms with Gasteiger partial charge in [-0.1, -0.05) is 12.1 Å². The predicted octanol–water partition coefficient (Wildman–Crippen LogP) is 4.37. The third-order valence-corrected chi connectivity index (χ3v) is 4.40. The van der Waals surface area contributed by atoms with Crippen molar-refractivity contribution in [3.8, 4) is 5.75 Å². The number of nitrogens with one attached hydrogen (secondary N) is 1.